The van der Waals surface area contributed by atoms with E-state index in [0.717, 1.165) is 11.8 Å². The number of hydrogen-bond acceptors (Lipinski definition) is 2. The van der Waals surface area contributed by atoms with Crippen LogP contribution in [0.25, 0.3) is 0 Å². The molecule has 0 spiro atoms. The largest absolute Gasteiger partial charge is 0.487 e. The maximum absolute atomic E-state index is 10.6. The lowest BCUT2D eigenvalue weighted by atomic mass is 10.0. The number of ether oxygens (including phenoxy) is 1. The van der Waals surface area contributed by atoms with E-state index < -0.39 is 0 Å². The van der Waals surface area contributed by atoms with Gasteiger partial charge in [-0.25, -0.2) is 0 Å². The Morgan fingerprint density at radius 1 is 1.16 bits per heavy atom. The number of carbonyl (C=O) groups is 1. The fourth-order valence-electron chi connectivity index (χ4n) is 1.93. The fourth-order valence-corrected chi connectivity index (χ4v) is 2.18. The molecule has 0 unspecified atom stereocenters. The molecule has 0 saturated heterocycles. The van der Waals surface area contributed by atoms with E-state index in [4.69, 9.17) is 16.3 Å². The first-order chi connectivity index (χ1) is 9.11. The number of hydrogen-bond donors (Lipinski definition) is 0. The maximum Gasteiger partial charge on any atom is 0.150 e. The van der Waals surface area contributed by atoms with Crippen molar-refractivity contribution in [3.05, 3.63) is 63.7 Å². The van der Waals surface area contributed by atoms with E-state index >= 15 is 0 Å². The molecule has 98 valence electrons. The van der Waals surface area contributed by atoms with Crippen molar-refractivity contribution in [2.75, 3.05) is 0 Å². The van der Waals surface area contributed by atoms with Gasteiger partial charge in [-0.1, -0.05) is 29.8 Å². The summed E-state index contributed by atoms with van der Waals surface area (Å²) in [6.45, 7) is 4.59. The number of benzene rings is 2. The second-order valence-corrected chi connectivity index (χ2v) is 4.87. The van der Waals surface area contributed by atoms with Crippen molar-refractivity contribution in [2.45, 2.75) is 20.5 Å². The van der Waals surface area contributed by atoms with Crippen molar-refractivity contribution in [1.82, 2.24) is 0 Å². The Morgan fingerprint density at radius 2 is 1.84 bits per heavy atom. The van der Waals surface area contributed by atoms with Gasteiger partial charge in [0.15, 0.2) is 0 Å². The van der Waals surface area contributed by atoms with E-state index in [1.54, 1.807) is 18.2 Å². The molecule has 2 aromatic carbocycles. The molecule has 0 bridgehead atoms. The van der Waals surface area contributed by atoms with Gasteiger partial charge in [-0.15, -0.1) is 0 Å². The molecule has 2 rings (SSSR count). The molecule has 2 nitrogen and oxygen atoms in total. The van der Waals surface area contributed by atoms with Crippen LogP contribution in [0.2, 0.25) is 5.02 Å². The smallest absolute Gasteiger partial charge is 0.150 e. The third kappa shape index (κ3) is 3.15. The molecule has 3 heteroatoms. The lowest BCUT2D eigenvalue weighted by molar-refractivity contribution is 0.112. The molecule has 0 aliphatic rings. The minimum absolute atomic E-state index is 0.454. The van der Waals surface area contributed by atoms with Crippen LogP contribution in [0.4, 0.5) is 0 Å². The number of halogens is 1. The first kappa shape index (κ1) is 13.6. The Kier molecular flexibility index (Phi) is 4.23. The standard InChI is InChI=1S/C16H15ClO2/c1-11-4-3-5-12(2)14(11)10-19-16-7-6-13(9-18)8-15(16)17/h3-9H,10H2,1-2H3. The van der Waals surface area contributed by atoms with Crippen LogP contribution < -0.4 is 4.74 Å². The Morgan fingerprint density at radius 3 is 2.42 bits per heavy atom. The normalized spacial score (nSPS) is 10.3. The molecule has 2 aromatic rings. The first-order valence-electron chi connectivity index (χ1n) is 6.04. The van der Waals surface area contributed by atoms with Gasteiger partial charge >= 0.3 is 0 Å². The predicted molar refractivity (Wildman–Crippen MR) is 77.1 cm³/mol. The molecule has 0 aliphatic carbocycles. The highest BCUT2D eigenvalue weighted by atomic mass is 35.5. The molecule has 0 saturated carbocycles. The van der Waals surface area contributed by atoms with Crippen LogP contribution in [0.1, 0.15) is 27.0 Å². The first-order valence-corrected chi connectivity index (χ1v) is 6.42. The Balaban J connectivity index is 2.17. The van der Waals surface area contributed by atoms with E-state index in [0.29, 0.717) is 22.9 Å². The zero-order valence-corrected chi connectivity index (χ0v) is 11.7. The molecular formula is C16H15ClO2. The van der Waals surface area contributed by atoms with Crippen molar-refractivity contribution in [3.8, 4) is 5.75 Å². The molecule has 0 fully saturated rings. The van der Waals surface area contributed by atoms with E-state index in [2.05, 4.69) is 26.0 Å². The summed E-state index contributed by atoms with van der Waals surface area (Å²) in [5.74, 6) is 0.593. The van der Waals surface area contributed by atoms with E-state index in [-0.39, 0.29) is 0 Å². The molecule has 0 aromatic heterocycles. The average Bonchev–Trinajstić information content (AvgIpc) is 2.39. The van der Waals surface area contributed by atoms with Crippen molar-refractivity contribution in [2.24, 2.45) is 0 Å². The summed E-state index contributed by atoms with van der Waals surface area (Å²) in [7, 11) is 0. The Hall–Kier alpha value is -1.80. The van der Waals surface area contributed by atoms with Gasteiger partial charge in [-0.3, -0.25) is 4.79 Å². The highest BCUT2D eigenvalue weighted by molar-refractivity contribution is 6.32. The zero-order chi connectivity index (χ0) is 13.8. The van der Waals surface area contributed by atoms with Gasteiger partial charge in [0, 0.05) is 5.56 Å². The SMILES string of the molecule is Cc1cccc(C)c1COc1ccc(C=O)cc1Cl. The third-order valence-corrected chi connectivity index (χ3v) is 3.40. The number of rotatable bonds is 4. The average molecular weight is 275 g/mol. The molecule has 0 heterocycles. The summed E-state index contributed by atoms with van der Waals surface area (Å²) in [5, 5.41) is 0.454. The monoisotopic (exact) mass is 274 g/mol. The van der Waals surface area contributed by atoms with Crippen LogP contribution in [0.3, 0.4) is 0 Å². The van der Waals surface area contributed by atoms with Crippen molar-refractivity contribution in [1.29, 1.82) is 0 Å². The van der Waals surface area contributed by atoms with Crippen molar-refractivity contribution in [3.63, 3.8) is 0 Å². The molecule has 19 heavy (non-hydrogen) atoms. The zero-order valence-electron chi connectivity index (χ0n) is 10.9. The van der Waals surface area contributed by atoms with Gasteiger partial charge in [0.1, 0.15) is 18.6 Å². The maximum atomic E-state index is 10.6. The molecule has 0 atom stereocenters. The summed E-state index contributed by atoms with van der Waals surface area (Å²) >= 11 is 6.07. The summed E-state index contributed by atoms with van der Waals surface area (Å²) in [4.78, 5) is 10.6. The molecule has 0 aliphatic heterocycles. The van der Waals surface area contributed by atoms with Gasteiger partial charge in [0.05, 0.1) is 5.02 Å². The minimum Gasteiger partial charge on any atom is -0.487 e. The van der Waals surface area contributed by atoms with Crippen LogP contribution in [-0.2, 0) is 6.61 Å². The third-order valence-electron chi connectivity index (χ3n) is 3.11. The van der Waals surface area contributed by atoms with Crippen LogP contribution in [0, 0.1) is 13.8 Å². The van der Waals surface area contributed by atoms with Crippen LogP contribution >= 0.6 is 11.6 Å². The highest BCUT2D eigenvalue weighted by Crippen LogP contribution is 2.26. The second kappa shape index (κ2) is 5.89. The van der Waals surface area contributed by atoms with Crippen molar-refractivity contribution >= 4 is 17.9 Å². The van der Waals surface area contributed by atoms with Crippen LogP contribution in [0.15, 0.2) is 36.4 Å². The predicted octanol–water partition coefficient (Wildman–Crippen LogP) is 4.35. The Labute approximate surface area is 118 Å². The number of aldehydes is 1. The topological polar surface area (TPSA) is 26.3 Å². The lowest BCUT2D eigenvalue weighted by Crippen LogP contribution is -2.01. The van der Waals surface area contributed by atoms with Gasteiger partial charge in [0.25, 0.3) is 0 Å². The summed E-state index contributed by atoms with van der Waals surface area (Å²) < 4.78 is 5.74. The summed E-state index contributed by atoms with van der Waals surface area (Å²) in [5.41, 5.74) is 4.10. The number of aryl methyl sites for hydroxylation is 2. The van der Waals surface area contributed by atoms with E-state index in [1.165, 1.54) is 11.1 Å². The minimum atomic E-state index is 0.454. The van der Waals surface area contributed by atoms with Gasteiger partial charge in [-0.05, 0) is 48.7 Å². The second-order valence-electron chi connectivity index (χ2n) is 4.47. The highest BCUT2D eigenvalue weighted by Gasteiger charge is 2.06. The Bertz CT molecular complexity index is 585. The van der Waals surface area contributed by atoms with Gasteiger partial charge < -0.3 is 4.74 Å². The summed E-state index contributed by atoms with van der Waals surface area (Å²) in [6, 6.07) is 11.2. The van der Waals surface area contributed by atoms with Crippen LogP contribution in [-0.4, -0.2) is 6.29 Å². The number of carbonyl (C=O) groups excluding carboxylic acids is 1. The van der Waals surface area contributed by atoms with Crippen molar-refractivity contribution < 1.29 is 9.53 Å². The fraction of sp³-hybridized carbons (Fsp3) is 0.188. The summed E-state index contributed by atoms with van der Waals surface area (Å²) in [6.07, 6.45) is 0.765. The van der Waals surface area contributed by atoms with E-state index in [9.17, 15) is 4.79 Å². The van der Waals surface area contributed by atoms with Gasteiger partial charge in [0.2, 0.25) is 0 Å². The lowest BCUT2D eigenvalue weighted by Gasteiger charge is -2.12. The quantitative estimate of drug-likeness (QED) is 0.775. The van der Waals surface area contributed by atoms with Gasteiger partial charge in [-0.2, -0.15) is 0 Å². The molecule has 0 amide bonds. The molecule has 0 radical (unpaired) electrons. The molecule has 0 N–H and O–H groups in total. The van der Waals surface area contributed by atoms with E-state index in [1.807, 2.05) is 6.07 Å². The molecular weight excluding hydrogens is 260 g/mol. The van der Waals surface area contributed by atoms with Crippen LogP contribution in [0.5, 0.6) is 5.75 Å².